The maximum absolute atomic E-state index is 12.8. The maximum Gasteiger partial charge on any atom is 0.338 e. The molecule has 4 rings (SSSR count). The Morgan fingerprint density at radius 3 is 2.28 bits per heavy atom. The number of carbonyl (C=O) groups excluding carboxylic acids is 3. The number of nitrogens with zero attached hydrogens (tertiary/aromatic N) is 1. The van der Waals surface area contributed by atoms with Gasteiger partial charge in [0.15, 0.2) is 6.10 Å². The van der Waals surface area contributed by atoms with Crippen LogP contribution >= 0.6 is 0 Å². The van der Waals surface area contributed by atoms with E-state index < -0.39 is 23.9 Å². The van der Waals surface area contributed by atoms with Crippen LogP contribution in [0.2, 0.25) is 0 Å². The van der Waals surface area contributed by atoms with Crippen LogP contribution in [0.3, 0.4) is 0 Å². The molecule has 4 aromatic rings. The lowest BCUT2D eigenvalue weighted by atomic mass is 10.1. The molecule has 0 aliphatic carbocycles. The van der Waals surface area contributed by atoms with Crippen molar-refractivity contribution in [2.75, 3.05) is 11.9 Å². The minimum atomic E-state index is -0.984. The van der Waals surface area contributed by atoms with Crippen LogP contribution in [-0.2, 0) is 14.3 Å². The summed E-state index contributed by atoms with van der Waals surface area (Å²) in [6, 6.07) is 19.3. The number of rotatable bonds is 8. The van der Waals surface area contributed by atoms with Gasteiger partial charge in [-0.3, -0.25) is 4.79 Å². The molecule has 36 heavy (non-hydrogen) atoms. The first-order chi connectivity index (χ1) is 17.4. The molecule has 0 aliphatic heterocycles. The molecule has 184 valence electrons. The number of benzene rings is 3. The third-order valence-corrected chi connectivity index (χ3v) is 5.62. The third kappa shape index (κ3) is 5.60. The second kappa shape index (κ2) is 10.9. The second-order valence-corrected chi connectivity index (χ2v) is 8.27. The number of aromatic nitrogens is 2. The van der Waals surface area contributed by atoms with Crippen LogP contribution in [-0.4, -0.2) is 40.5 Å². The molecular formula is C28H27N3O5. The number of anilines is 1. The number of amides is 1. The lowest BCUT2D eigenvalue weighted by molar-refractivity contribution is -0.124. The van der Waals surface area contributed by atoms with Crippen LogP contribution in [0.15, 0.2) is 66.7 Å². The summed E-state index contributed by atoms with van der Waals surface area (Å²) in [5.41, 5.74) is 4.68. The number of carbonyl (C=O) groups is 3. The molecule has 0 aliphatic rings. The van der Waals surface area contributed by atoms with Crippen molar-refractivity contribution < 1.29 is 23.9 Å². The van der Waals surface area contributed by atoms with E-state index in [2.05, 4.69) is 15.3 Å². The van der Waals surface area contributed by atoms with Gasteiger partial charge < -0.3 is 19.8 Å². The highest BCUT2D eigenvalue weighted by Crippen LogP contribution is 2.22. The van der Waals surface area contributed by atoms with Gasteiger partial charge in [0.05, 0.1) is 28.8 Å². The molecule has 1 heterocycles. The fourth-order valence-corrected chi connectivity index (χ4v) is 3.63. The van der Waals surface area contributed by atoms with Gasteiger partial charge in [-0.1, -0.05) is 36.8 Å². The predicted molar refractivity (Wildman–Crippen MR) is 137 cm³/mol. The van der Waals surface area contributed by atoms with Gasteiger partial charge in [-0.2, -0.15) is 0 Å². The van der Waals surface area contributed by atoms with Gasteiger partial charge in [-0.25, -0.2) is 14.6 Å². The smallest absolute Gasteiger partial charge is 0.338 e. The Kier molecular flexibility index (Phi) is 7.44. The molecule has 1 unspecified atom stereocenters. The fraction of sp³-hybridized carbons (Fsp3) is 0.214. The Hall–Kier alpha value is -4.46. The first kappa shape index (κ1) is 24.7. The number of aryl methyl sites for hydroxylation is 1. The molecule has 0 fully saturated rings. The minimum absolute atomic E-state index is 0.280. The monoisotopic (exact) mass is 485 g/mol. The average Bonchev–Trinajstić information content (AvgIpc) is 3.31. The summed E-state index contributed by atoms with van der Waals surface area (Å²) in [6.45, 7) is 5.79. The zero-order valence-corrected chi connectivity index (χ0v) is 20.3. The van der Waals surface area contributed by atoms with Crippen molar-refractivity contribution in [1.82, 2.24) is 9.97 Å². The molecule has 0 spiro atoms. The van der Waals surface area contributed by atoms with Crippen LogP contribution in [0.4, 0.5) is 5.69 Å². The summed E-state index contributed by atoms with van der Waals surface area (Å²) in [4.78, 5) is 45.2. The minimum Gasteiger partial charge on any atom is -0.462 e. The van der Waals surface area contributed by atoms with Crippen molar-refractivity contribution in [3.8, 4) is 11.4 Å². The highest BCUT2D eigenvalue weighted by molar-refractivity contribution is 5.99. The first-order valence-corrected chi connectivity index (χ1v) is 11.7. The summed E-state index contributed by atoms with van der Waals surface area (Å²) in [7, 11) is 0. The second-order valence-electron chi connectivity index (χ2n) is 8.27. The summed E-state index contributed by atoms with van der Waals surface area (Å²) in [5, 5.41) is 2.72. The lowest BCUT2D eigenvalue weighted by Gasteiger charge is -2.16. The molecule has 0 bridgehead atoms. The van der Waals surface area contributed by atoms with Gasteiger partial charge in [0, 0.05) is 11.3 Å². The zero-order chi connectivity index (χ0) is 25.7. The van der Waals surface area contributed by atoms with E-state index in [1.807, 2.05) is 31.2 Å². The molecule has 1 atom stereocenters. The number of aromatic amines is 1. The molecule has 0 radical (unpaired) electrons. The van der Waals surface area contributed by atoms with E-state index >= 15 is 0 Å². The van der Waals surface area contributed by atoms with E-state index in [1.165, 1.54) is 0 Å². The molecule has 2 N–H and O–H groups in total. The fourth-order valence-electron chi connectivity index (χ4n) is 3.63. The van der Waals surface area contributed by atoms with Gasteiger partial charge >= 0.3 is 11.9 Å². The summed E-state index contributed by atoms with van der Waals surface area (Å²) in [5.74, 6) is -0.798. The number of fused-ring (bicyclic) bond motifs is 1. The number of hydrogen-bond donors (Lipinski definition) is 2. The lowest BCUT2D eigenvalue weighted by Crippen LogP contribution is -2.32. The van der Waals surface area contributed by atoms with Crippen LogP contribution in [0.25, 0.3) is 22.4 Å². The van der Waals surface area contributed by atoms with E-state index in [0.717, 1.165) is 16.6 Å². The highest BCUT2D eigenvalue weighted by atomic mass is 16.5. The Morgan fingerprint density at radius 1 is 0.917 bits per heavy atom. The molecule has 1 aromatic heterocycles. The number of ether oxygens (including phenoxy) is 2. The summed E-state index contributed by atoms with van der Waals surface area (Å²) >= 11 is 0. The predicted octanol–water partition coefficient (Wildman–Crippen LogP) is 5.29. The largest absolute Gasteiger partial charge is 0.462 e. The van der Waals surface area contributed by atoms with Crippen LogP contribution in [0, 0.1) is 6.92 Å². The van der Waals surface area contributed by atoms with Crippen LogP contribution in [0.1, 0.15) is 46.5 Å². The van der Waals surface area contributed by atoms with Gasteiger partial charge in [0.25, 0.3) is 5.91 Å². The van der Waals surface area contributed by atoms with Crippen molar-refractivity contribution in [2.45, 2.75) is 33.3 Å². The normalized spacial score (nSPS) is 11.6. The SMILES string of the molecule is CCOC(=O)c1ccc(NC(=O)C(CC)OC(=O)c2ccc3nc(-c4ccc(C)cc4)[nH]c3c2)cc1. The van der Waals surface area contributed by atoms with Gasteiger partial charge in [0.1, 0.15) is 5.82 Å². The molecule has 3 aromatic carbocycles. The van der Waals surface area contributed by atoms with Crippen molar-refractivity contribution >= 4 is 34.6 Å². The van der Waals surface area contributed by atoms with Crippen molar-refractivity contribution in [3.05, 3.63) is 83.4 Å². The number of hydrogen-bond acceptors (Lipinski definition) is 6. The van der Waals surface area contributed by atoms with E-state index in [9.17, 15) is 14.4 Å². The average molecular weight is 486 g/mol. The summed E-state index contributed by atoms with van der Waals surface area (Å²) < 4.78 is 10.5. The highest BCUT2D eigenvalue weighted by Gasteiger charge is 2.23. The number of H-pyrrole nitrogens is 1. The Bertz CT molecular complexity index is 1390. The molecule has 1 amide bonds. The van der Waals surface area contributed by atoms with Crippen LogP contribution in [0.5, 0.6) is 0 Å². The number of esters is 2. The summed E-state index contributed by atoms with van der Waals surface area (Å²) in [6.07, 6.45) is -0.689. The van der Waals surface area contributed by atoms with Crippen molar-refractivity contribution in [2.24, 2.45) is 0 Å². The van der Waals surface area contributed by atoms with Crippen LogP contribution < -0.4 is 5.32 Å². The molecule has 8 nitrogen and oxygen atoms in total. The standard InChI is InChI=1S/C28H27N3O5/c1-4-24(26(32)29-21-13-10-19(11-14-21)27(33)35-5-2)36-28(34)20-12-15-22-23(16-20)31-25(30-22)18-8-6-17(3)7-9-18/h6-16,24H,4-5H2,1-3H3,(H,29,32)(H,30,31). The first-order valence-electron chi connectivity index (χ1n) is 11.7. The molecule has 0 saturated carbocycles. The molecule has 8 heteroatoms. The van der Waals surface area contributed by atoms with E-state index in [-0.39, 0.29) is 6.61 Å². The van der Waals surface area contributed by atoms with E-state index in [0.29, 0.717) is 34.6 Å². The van der Waals surface area contributed by atoms with Gasteiger partial charge in [0.2, 0.25) is 0 Å². The maximum atomic E-state index is 12.8. The quantitative estimate of drug-likeness (QED) is 0.328. The molecular weight excluding hydrogens is 458 g/mol. The van der Waals surface area contributed by atoms with Crippen molar-refractivity contribution in [1.29, 1.82) is 0 Å². The number of imidazole rings is 1. The molecule has 0 saturated heterocycles. The number of nitrogens with one attached hydrogen (secondary N) is 2. The topological polar surface area (TPSA) is 110 Å². The van der Waals surface area contributed by atoms with Crippen molar-refractivity contribution in [3.63, 3.8) is 0 Å². The van der Waals surface area contributed by atoms with Gasteiger partial charge in [-0.05, 0) is 62.7 Å². The van der Waals surface area contributed by atoms with E-state index in [1.54, 1.807) is 56.3 Å². The van der Waals surface area contributed by atoms with Gasteiger partial charge in [-0.15, -0.1) is 0 Å². The Morgan fingerprint density at radius 2 is 1.61 bits per heavy atom. The van der Waals surface area contributed by atoms with E-state index in [4.69, 9.17) is 9.47 Å². The third-order valence-electron chi connectivity index (χ3n) is 5.62. The Balaban J connectivity index is 1.43. The Labute approximate surface area is 208 Å². The zero-order valence-electron chi connectivity index (χ0n) is 20.3.